The van der Waals surface area contributed by atoms with Crippen LogP contribution < -0.4 is 4.72 Å². The van der Waals surface area contributed by atoms with Crippen LogP contribution in [0.15, 0.2) is 17.0 Å². The summed E-state index contributed by atoms with van der Waals surface area (Å²) in [5, 5.41) is 0. The average Bonchev–Trinajstić information content (AvgIpc) is 2.44. The molecule has 23 heavy (non-hydrogen) atoms. The maximum Gasteiger partial charge on any atom is 0.241 e. The first kappa shape index (κ1) is 18.4. The molecule has 0 aliphatic carbocycles. The SMILES string of the molecule is Cc1cc(C)c(S(=O)(=O)NCCCN2CCC(C)CC2)c(C)c1. The zero-order valence-corrected chi connectivity index (χ0v) is 15.7. The van der Waals surface area contributed by atoms with Gasteiger partial charge in [-0.15, -0.1) is 0 Å². The van der Waals surface area contributed by atoms with E-state index < -0.39 is 10.0 Å². The summed E-state index contributed by atoms with van der Waals surface area (Å²) in [5.74, 6) is 0.831. The molecular formula is C18H30N2O2S. The zero-order chi connectivity index (χ0) is 17.0. The van der Waals surface area contributed by atoms with Gasteiger partial charge in [0.1, 0.15) is 0 Å². The van der Waals surface area contributed by atoms with Crippen molar-refractivity contribution in [1.29, 1.82) is 0 Å². The summed E-state index contributed by atoms with van der Waals surface area (Å²) in [4.78, 5) is 2.88. The number of nitrogens with zero attached hydrogens (tertiary/aromatic N) is 1. The van der Waals surface area contributed by atoms with Gasteiger partial charge in [0.15, 0.2) is 0 Å². The van der Waals surface area contributed by atoms with Gasteiger partial charge in [0, 0.05) is 6.54 Å². The first-order chi connectivity index (χ1) is 10.8. The molecule has 1 aromatic carbocycles. The molecule has 0 unspecified atom stereocenters. The summed E-state index contributed by atoms with van der Waals surface area (Å²) in [5.41, 5.74) is 2.73. The van der Waals surface area contributed by atoms with Crippen molar-refractivity contribution in [1.82, 2.24) is 9.62 Å². The van der Waals surface area contributed by atoms with Crippen molar-refractivity contribution >= 4 is 10.0 Å². The summed E-state index contributed by atoms with van der Waals surface area (Å²) >= 11 is 0. The number of benzene rings is 1. The lowest BCUT2D eigenvalue weighted by atomic mass is 9.99. The van der Waals surface area contributed by atoms with E-state index in [1.807, 2.05) is 32.9 Å². The van der Waals surface area contributed by atoms with Crippen LogP contribution >= 0.6 is 0 Å². The Hall–Kier alpha value is -0.910. The fourth-order valence-corrected chi connectivity index (χ4v) is 4.98. The van der Waals surface area contributed by atoms with Gasteiger partial charge in [0.05, 0.1) is 4.90 Å². The van der Waals surface area contributed by atoms with Crippen LogP contribution in [-0.4, -0.2) is 39.5 Å². The van der Waals surface area contributed by atoms with E-state index in [9.17, 15) is 8.42 Å². The van der Waals surface area contributed by atoms with E-state index in [-0.39, 0.29) is 0 Å². The summed E-state index contributed by atoms with van der Waals surface area (Å²) in [6, 6.07) is 3.85. The quantitative estimate of drug-likeness (QED) is 0.811. The summed E-state index contributed by atoms with van der Waals surface area (Å²) in [6.07, 6.45) is 3.37. The molecule has 1 aliphatic rings. The smallest absolute Gasteiger partial charge is 0.241 e. The Morgan fingerprint density at radius 1 is 1.13 bits per heavy atom. The number of hydrogen-bond donors (Lipinski definition) is 1. The van der Waals surface area contributed by atoms with Gasteiger partial charge >= 0.3 is 0 Å². The fourth-order valence-electron chi connectivity index (χ4n) is 3.46. The number of rotatable bonds is 6. The van der Waals surface area contributed by atoms with Gasteiger partial charge in [-0.05, 0) is 76.7 Å². The zero-order valence-electron chi connectivity index (χ0n) is 14.9. The van der Waals surface area contributed by atoms with Crippen LogP contribution in [0.1, 0.15) is 42.9 Å². The molecule has 0 aromatic heterocycles. The molecule has 1 N–H and O–H groups in total. The summed E-state index contributed by atoms with van der Waals surface area (Å²) in [6.45, 7) is 11.8. The second kappa shape index (κ2) is 7.77. The van der Waals surface area contributed by atoms with Crippen molar-refractivity contribution in [2.45, 2.75) is 51.9 Å². The third-order valence-corrected chi connectivity index (χ3v) is 6.46. The van der Waals surface area contributed by atoms with Crippen molar-refractivity contribution in [2.24, 2.45) is 5.92 Å². The van der Waals surface area contributed by atoms with E-state index in [4.69, 9.17) is 0 Å². The lowest BCUT2D eigenvalue weighted by Crippen LogP contribution is -2.35. The highest BCUT2D eigenvalue weighted by Crippen LogP contribution is 2.21. The topological polar surface area (TPSA) is 49.4 Å². The first-order valence-electron chi connectivity index (χ1n) is 8.59. The van der Waals surface area contributed by atoms with Gasteiger partial charge in [-0.2, -0.15) is 0 Å². The normalized spacial score (nSPS) is 17.6. The molecule has 1 fully saturated rings. The van der Waals surface area contributed by atoms with Crippen LogP contribution in [0.5, 0.6) is 0 Å². The predicted octanol–water partition coefficient (Wildman–Crippen LogP) is 3.01. The maximum atomic E-state index is 12.6. The molecule has 0 amide bonds. The van der Waals surface area contributed by atoms with Crippen LogP contribution in [-0.2, 0) is 10.0 Å². The van der Waals surface area contributed by atoms with Crippen molar-refractivity contribution < 1.29 is 8.42 Å². The molecule has 2 rings (SSSR count). The second-order valence-electron chi connectivity index (χ2n) is 7.00. The van der Waals surface area contributed by atoms with Crippen LogP contribution in [0.4, 0.5) is 0 Å². The lowest BCUT2D eigenvalue weighted by molar-refractivity contribution is 0.191. The second-order valence-corrected chi connectivity index (χ2v) is 8.71. The Labute approximate surface area is 141 Å². The van der Waals surface area contributed by atoms with Gasteiger partial charge < -0.3 is 4.90 Å². The maximum absolute atomic E-state index is 12.6. The van der Waals surface area contributed by atoms with E-state index in [1.54, 1.807) is 0 Å². The molecule has 5 heteroatoms. The molecule has 1 saturated heterocycles. The number of piperidine rings is 1. The van der Waals surface area contributed by atoms with Gasteiger partial charge in [-0.1, -0.05) is 24.6 Å². The molecule has 1 heterocycles. The van der Waals surface area contributed by atoms with E-state index in [0.29, 0.717) is 11.4 Å². The van der Waals surface area contributed by atoms with Crippen molar-refractivity contribution in [3.63, 3.8) is 0 Å². The van der Waals surface area contributed by atoms with Crippen LogP contribution in [0, 0.1) is 26.7 Å². The highest BCUT2D eigenvalue weighted by atomic mass is 32.2. The minimum Gasteiger partial charge on any atom is -0.303 e. The van der Waals surface area contributed by atoms with E-state index >= 15 is 0 Å². The lowest BCUT2D eigenvalue weighted by Gasteiger charge is -2.30. The molecule has 4 nitrogen and oxygen atoms in total. The summed E-state index contributed by atoms with van der Waals surface area (Å²) < 4.78 is 27.9. The highest BCUT2D eigenvalue weighted by molar-refractivity contribution is 7.89. The Kier molecular flexibility index (Phi) is 6.23. The minimum absolute atomic E-state index is 0.440. The molecular weight excluding hydrogens is 308 g/mol. The predicted molar refractivity (Wildman–Crippen MR) is 95.3 cm³/mol. The van der Waals surface area contributed by atoms with Crippen molar-refractivity contribution in [3.8, 4) is 0 Å². The summed E-state index contributed by atoms with van der Waals surface area (Å²) in [7, 11) is -3.42. The van der Waals surface area contributed by atoms with E-state index in [2.05, 4.69) is 16.5 Å². The van der Waals surface area contributed by atoms with Gasteiger partial charge in [0.25, 0.3) is 0 Å². The van der Waals surface area contributed by atoms with Crippen molar-refractivity contribution in [2.75, 3.05) is 26.2 Å². The monoisotopic (exact) mass is 338 g/mol. The highest BCUT2D eigenvalue weighted by Gasteiger charge is 2.20. The fraction of sp³-hybridized carbons (Fsp3) is 0.667. The number of likely N-dealkylation sites (tertiary alicyclic amines) is 1. The van der Waals surface area contributed by atoms with E-state index in [1.165, 1.54) is 12.8 Å². The Balaban J connectivity index is 1.87. The average molecular weight is 339 g/mol. The molecule has 1 aliphatic heterocycles. The molecule has 1 aromatic rings. The number of hydrogen-bond acceptors (Lipinski definition) is 3. The molecule has 0 spiro atoms. The van der Waals surface area contributed by atoms with Crippen LogP contribution in [0.2, 0.25) is 0 Å². The number of aryl methyl sites for hydroxylation is 3. The largest absolute Gasteiger partial charge is 0.303 e. The Morgan fingerprint density at radius 2 is 1.70 bits per heavy atom. The Bertz CT molecular complexity index is 609. The minimum atomic E-state index is -3.42. The van der Waals surface area contributed by atoms with Crippen LogP contribution in [0.25, 0.3) is 0 Å². The van der Waals surface area contributed by atoms with Gasteiger partial charge in [-0.25, -0.2) is 13.1 Å². The molecule has 130 valence electrons. The standard InChI is InChI=1S/C18H30N2O2S/c1-14-6-10-20(11-7-14)9-5-8-19-23(21,22)18-16(3)12-15(2)13-17(18)4/h12-14,19H,5-11H2,1-4H3. The Morgan fingerprint density at radius 3 is 2.26 bits per heavy atom. The third-order valence-electron chi connectivity index (χ3n) is 4.69. The van der Waals surface area contributed by atoms with Crippen LogP contribution in [0.3, 0.4) is 0 Å². The number of sulfonamides is 1. The molecule has 0 bridgehead atoms. The molecule has 0 atom stereocenters. The number of nitrogens with one attached hydrogen (secondary N) is 1. The third kappa shape index (κ3) is 5.03. The molecule has 0 radical (unpaired) electrons. The van der Waals surface area contributed by atoms with Crippen molar-refractivity contribution in [3.05, 3.63) is 28.8 Å². The first-order valence-corrected chi connectivity index (χ1v) is 10.1. The van der Waals surface area contributed by atoms with E-state index in [0.717, 1.165) is 48.7 Å². The van der Waals surface area contributed by atoms with Gasteiger partial charge in [-0.3, -0.25) is 0 Å². The molecule has 0 saturated carbocycles. The van der Waals surface area contributed by atoms with Gasteiger partial charge in [0.2, 0.25) is 10.0 Å².